The van der Waals surface area contributed by atoms with Gasteiger partial charge in [-0.15, -0.1) is 0 Å². The highest BCUT2D eigenvalue weighted by atomic mass is 16.5. The van der Waals surface area contributed by atoms with Gasteiger partial charge >= 0.3 is 0 Å². The number of rotatable bonds is 3. The van der Waals surface area contributed by atoms with E-state index in [1.54, 1.807) is 0 Å². The maximum absolute atomic E-state index is 6.03. The van der Waals surface area contributed by atoms with Crippen molar-refractivity contribution in [1.82, 2.24) is 10.4 Å². The van der Waals surface area contributed by atoms with Crippen LogP contribution < -0.4 is 11.3 Å². The fourth-order valence-electron chi connectivity index (χ4n) is 3.78. The van der Waals surface area contributed by atoms with Gasteiger partial charge in [0.1, 0.15) is 0 Å². The molecule has 0 aromatic carbocycles. The molecule has 1 aliphatic carbocycles. The van der Waals surface area contributed by atoms with Crippen LogP contribution in [0.3, 0.4) is 0 Å². The molecule has 20 heavy (non-hydrogen) atoms. The average molecular weight is 275 g/mol. The van der Waals surface area contributed by atoms with Crippen molar-refractivity contribution in [2.24, 2.45) is 11.8 Å². The third-order valence-electron chi connectivity index (χ3n) is 5.05. The molecular formula is C16H25N3O. The lowest BCUT2D eigenvalue weighted by atomic mass is 9.69. The fourth-order valence-corrected chi connectivity index (χ4v) is 3.78. The Hall–Kier alpha value is -0.970. The fraction of sp³-hybridized carbons (Fsp3) is 0.688. The third-order valence-corrected chi connectivity index (χ3v) is 5.05. The number of hydrogen-bond donors (Lipinski definition) is 2. The number of hydrazine groups is 1. The van der Waals surface area contributed by atoms with Gasteiger partial charge in [0.15, 0.2) is 0 Å². The summed E-state index contributed by atoms with van der Waals surface area (Å²) in [5.74, 6) is 6.41. The maximum Gasteiger partial charge on any atom is 0.0686 e. The van der Waals surface area contributed by atoms with Crippen LogP contribution in [-0.2, 0) is 4.74 Å². The van der Waals surface area contributed by atoms with Crippen molar-refractivity contribution in [2.75, 3.05) is 6.61 Å². The zero-order valence-electron chi connectivity index (χ0n) is 12.5. The largest absolute Gasteiger partial charge is 0.375 e. The van der Waals surface area contributed by atoms with Gasteiger partial charge in [-0.3, -0.25) is 16.3 Å². The second-order valence-electron chi connectivity index (χ2n) is 6.41. The molecule has 0 amide bonds. The van der Waals surface area contributed by atoms with Crippen LogP contribution in [0, 0.1) is 19.8 Å². The summed E-state index contributed by atoms with van der Waals surface area (Å²) in [6, 6.07) is 4.43. The Morgan fingerprint density at radius 3 is 2.80 bits per heavy atom. The predicted octanol–water partition coefficient (Wildman–Crippen LogP) is 2.55. The van der Waals surface area contributed by atoms with Crippen LogP contribution >= 0.6 is 0 Å². The van der Waals surface area contributed by atoms with Gasteiger partial charge < -0.3 is 4.74 Å². The van der Waals surface area contributed by atoms with E-state index in [1.165, 1.54) is 24.8 Å². The van der Waals surface area contributed by atoms with Crippen LogP contribution in [-0.4, -0.2) is 17.2 Å². The SMILES string of the molecule is Cc1ccc(C(NN)C2CCOC3(CCC3)C2)c(C)n1. The Morgan fingerprint density at radius 1 is 1.40 bits per heavy atom. The molecule has 2 heterocycles. The third kappa shape index (κ3) is 2.48. The summed E-state index contributed by atoms with van der Waals surface area (Å²) in [4.78, 5) is 4.58. The van der Waals surface area contributed by atoms with Gasteiger partial charge in [0.2, 0.25) is 0 Å². The van der Waals surface area contributed by atoms with Crippen molar-refractivity contribution < 1.29 is 4.74 Å². The molecule has 1 spiro atoms. The van der Waals surface area contributed by atoms with Gasteiger partial charge in [-0.25, -0.2) is 0 Å². The quantitative estimate of drug-likeness (QED) is 0.657. The smallest absolute Gasteiger partial charge is 0.0686 e. The molecule has 1 saturated carbocycles. The van der Waals surface area contributed by atoms with E-state index in [0.717, 1.165) is 30.8 Å². The molecule has 3 rings (SSSR count). The van der Waals surface area contributed by atoms with Gasteiger partial charge in [-0.2, -0.15) is 0 Å². The second kappa shape index (κ2) is 5.43. The maximum atomic E-state index is 6.03. The van der Waals surface area contributed by atoms with E-state index in [0.29, 0.717) is 5.92 Å². The Labute approximate surface area is 121 Å². The van der Waals surface area contributed by atoms with E-state index in [-0.39, 0.29) is 11.6 Å². The lowest BCUT2D eigenvalue weighted by Crippen LogP contribution is -2.48. The molecule has 0 bridgehead atoms. The number of aromatic nitrogens is 1. The van der Waals surface area contributed by atoms with E-state index in [4.69, 9.17) is 10.6 Å². The van der Waals surface area contributed by atoms with Crippen LogP contribution in [0.15, 0.2) is 12.1 Å². The van der Waals surface area contributed by atoms with E-state index >= 15 is 0 Å². The summed E-state index contributed by atoms with van der Waals surface area (Å²) in [6.45, 7) is 4.96. The Balaban J connectivity index is 1.81. The minimum absolute atomic E-state index is 0.157. The predicted molar refractivity (Wildman–Crippen MR) is 79.0 cm³/mol. The molecule has 4 heteroatoms. The lowest BCUT2D eigenvalue weighted by molar-refractivity contribution is -0.147. The number of aryl methyl sites for hydroxylation is 2. The van der Waals surface area contributed by atoms with Crippen molar-refractivity contribution in [1.29, 1.82) is 0 Å². The molecule has 2 fully saturated rings. The van der Waals surface area contributed by atoms with Crippen molar-refractivity contribution in [3.05, 3.63) is 29.1 Å². The molecule has 2 atom stereocenters. The van der Waals surface area contributed by atoms with Crippen molar-refractivity contribution >= 4 is 0 Å². The van der Waals surface area contributed by atoms with E-state index in [2.05, 4.69) is 29.5 Å². The van der Waals surface area contributed by atoms with Crippen LogP contribution in [0.5, 0.6) is 0 Å². The first kappa shape index (κ1) is 14.0. The van der Waals surface area contributed by atoms with E-state index in [9.17, 15) is 0 Å². The molecule has 1 aliphatic heterocycles. The normalized spacial score (nSPS) is 26.2. The van der Waals surface area contributed by atoms with Gasteiger partial charge in [-0.1, -0.05) is 6.07 Å². The number of pyridine rings is 1. The highest BCUT2D eigenvalue weighted by Crippen LogP contribution is 2.47. The molecular weight excluding hydrogens is 250 g/mol. The molecule has 1 saturated heterocycles. The van der Waals surface area contributed by atoms with Crippen LogP contribution in [0.2, 0.25) is 0 Å². The highest BCUT2D eigenvalue weighted by Gasteiger charge is 2.44. The summed E-state index contributed by atoms with van der Waals surface area (Å²) in [6.07, 6.45) is 5.93. The summed E-state index contributed by atoms with van der Waals surface area (Å²) in [7, 11) is 0. The molecule has 4 nitrogen and oxygen atoms in total. The second-order valence-corrected chi connectivity index (χ2v) is 6.41. The first-order valence-corrected chi connectivity index (χ1v) is 7.68. The highest BCUT2D eigenvalue weighted by molar-refractivity contribution is 5.26. The molecule has 1 aromatic heterocycles. The summed E-state index contributed by atoms with van der Waals surface area (Å²) < 4.78 is 6.03. The zero-order chi connectivity index (χ0) is 14.2. The van der Waals surface area contributed by atoms with E-state index in [1.807, 2.05) is 6.92 Å². The number of nitrogens with two attached hydrogens (primary N) is 1. The molecule has 2 aliphatic rings. The summed E-state index contributed by atoms with van der Waals surface area (Å²) in [5.41, 5.74) is 6.58. The Bertz CT molecular complexity index is 485. The molecule has 2 unspecified atom stereocenters. The molecule has 1 aromatic rings. The first-order chi connectivity index (χ1) is 9.63. The van der Waals surface area contributed by atoms with Crippen molar-refractivity contribution in [2.45, 2.75) is 57.6 Å². The van der Waals surface area contributed by atoms with Gasteiger partial charge in [-0.05, 0) is 63.5 Å². The van der Waals surface area contributed by atoms with Gasteiger partial charge in [0, 0.05) is 18.0 Å². The van der Waals surface area contributed by atoms with Crippen molar-refractivity contribution in [3.8, 4) is 0 Å². The standard InChI is InChI=1S/C16H25N3O/c1-11-4-5-14(12(2)18-11)15(19-17)13-6-9-20-16(10-13)7-3-8-16/h4-5,13,15,19H,3,6-10,17H2,1-2H3. The molecule has 110 valence electrons. The van der Waals surface area contributed by atoms with Crippen LogP contribution in [0.25, 0.3) is 0 Å². The minimum atomic E-state index is 0.157. The topological polar surface area (TPSA) is 60.2 Å². The minimum Gasteiger partial charge on any atom is -0.375 e. The Kier molecular flexibility index (Phi) is 3.80. The summed E-state index contributed by atoms with van der Waals surface area (Å²) >= 11 is 0. The summed E-state index contributed by atoms with van der Waals surface area (Å²) in [5, 5.41) is 0. The van der Waals surface area contributed by atoms with Gasteiger partial charge in [0.05, 0.1) is 11.6 Å². The monoisotopic (exact) mass is 275 g/mol. The molecule has 3 N–H and O–H groups in total. The van der Waals surface area contributed by atoms with Crippen molar-refractivity contribution in [3.63, 3.8) is 0 Å². The average Bonchev–Trinajstić information content (AvgIpc) is 2.40. The lowest BCUT2D eigenvalue weighted by Gasteiger charge is -2.48. The van der Waals surface area contributed by atoms with Crippen LogP contribution in [0.1, 0.15) is 55.1 Å². The van der Waals surface area contributed by atoms with Crippen LogP contribution in [0.4, 0.5) is 0 Å². The number of hydrogen-bond acceptors (Lipinski definition) is 4. The first-order valence-electron chi connectivity index (χ1n) is 7.68. The Morgan fingerprint density at radius 2 is 2.20 bits per heavy atom. The number of nitrogens with zero attached hydrogens (tertiary/aromatic N) is 1. The number of ether oxygens (including phenoxy) is 1. The van der Waals surface area contributed by atoms with E-state index < -0.39 is 0 Å². The molecule has 0 radical (unpaired) electrons. The van der Waals surface area contributed by atoms with Gasteiger partial charge in [0.25, 0.3) is 0 Å². The number of nitrogens with one attached hydrogen (secondary N) is 1. The zero-order valence-corrected chi connectivity index (χ0v) is 12.5.